The van der Waals surface area contributed by atoms with E-state index in [0.717, 1.165) is 37.9 Å². The number of β-amino-alcohol motifs (C(OH)–C–C–N with tert-alkyl or cyclic N) is 1. The number of fused-ring (bicyclic) bond motifs is 1. The van der Waals surface area contributed by atoms with Crippen LogP contribution in [-0.4, -0.2) is 97.5 Å². The van der Waals surface area contributed by atoms with Gasteiger partial charge in [-0.2, -0.15) is 0 Å². The Morgan fingerprint density at radius 1 is 0.951 bits per heavy atom. The zero-order valence-corrected chi connectivity index (χ0v) is 23.4. The second-order valence-corrected chi connectivity index (χ2v) is 11.3. The van der Waals surface area contributed by atoms with Crippen molar-refractivity contribution < 1.29 is 14.7 Å². The molecule has 2 saturated heterocycles. The summed E-state index contributed by atoms with van der Waals surface area (Å²) >= 11 is 0. The van der Waals surface area contributed by atoms with Gasteiger partial charge in [0, 0.05) is 82.3 Å². The highest BCUT2D eigenvalue weighted by Gasteiger charge is 2.36. The van der Waals surface area contributed by atoms with Crippen molar-refractivity contribution in [2.24, 2.45) is 0 Å². The Morgan fingerprint density at radius 2 is 1.73 bits per heavy atom. The lowest BCUT2D eigenvalue weighted by molar-refractivity contribution is -0.129. The van der Waals surface area contributed by atoms with Crippen molar-refractivity contribution in [2.45, 2.75) is 57.3 Å². The number of carbonyl (C=O) groups is 2. The van der Waals surface area contributed by atoms with E-state index in [-0.39, 0.29) is 30.4 Å². The molecule has 2 aromatic heterocycles. The quantitative estimate of drug-likeness (QED) is 0.494. The number of hydrogen-bond acceptors (Lipinski definition) is 8. The van der Waals surface area contributed by atoms with Gasteiger partial charge in [-0.3, -0.25) is 19.5 Å². The Balaban J connectivity index is 1.17. The van der Waals surface area contributed by atoms with Crippen LogP contribution >= 0.6 is 0 Å². The number of amides is 2. The molecule has 6 rings (SSSR count). The van der Waals surface area contributed by atoms with E-state index >= 15 is 0 Å². The van der Waals surface area contributed by atoms with Gasteiger partial charge in [0.15, 0.2) is 5.82 Å². The third-order valence-electron chi connectivity index (χ3n) is 8.62. The molecule has 2 amide bonds. The van der Waals surface area contributed by atoms with E-state index in [1.807, 2.05) is 17.0 Å². The van der Waals surface area contributed by atoms with Gasteiger partial charge in [-0.1, -0.05) is 24.3 Å². The summed E-state index contributed by atoms with van der Waals surface area (Å²) in [6, 6.07) is 14.1. The molecule has 2 atom stereocenters. The first-order valence-electron chi connectivity index (χ1n) is 14.5. The maximum Gasteiger partial charge on any atom is 0.272 e. The fourth-order valence-corrected chi connectivity index (χ4v) is 6.29. The van der Waals surface area contributed by atoms with Gasteiger partial charge in [0.25, 0.3) is 5.91 Å². The Labute approximate surface area is 240 Å². The number of anilines is 1. The van der Waals surface area contributed by atoms with Crippen LogP contribution in [0, 0.1) is 0 Å². The normalized spacial score (nSPS) is 21.8. The minimum atomic E-state index is -0.637. The van der Waals surface area contributed by atoms with E-state index in [1.165, 1.54) is 11.1 Å². The minimum Gasteiger partial charge on any atom is -0.390 e. The van der Waals surface area contributed by atoms with E-state index < -0.39 is 6.10 Å². The number of likely N-dealkylation sites (tertiary alicyclic amines) is 2. The van der Waals surface area contributed by atoms with Gasteiger partial charge in [0.05, 0.1) is 6.10 Å². The molecule has 0 radical (unpaired) electrons. The summed E-state index contributed by atoms with van der Waals surface area (Å²) in [6.07, 6.45) is 6.02. The van der Waals surface area contributed by atoms with Gasteiger partial charge >= 0.3 is 0 Å². The van der Waals surface area contributed by atoms with Crippen LogP contribution in [0.2, 0.25) is 0 Å². The maximum absolute atomic E-state index is 13.8. The number of piperidine rings is 2. The third kappa shape index (κ3) is 6.08. The van der Waals surface area contributed by atoms with Gasteiger partial charge in [0.2, 0.25) is 5.91 Å². The molecule has 0 aliphatic carbocycles. The Kier molecular flexibility index (Phi) is 7.93. The van der Waals surface area contributed by atoms with E-state index in [0.29, 0.717) is 43.4 Å². The maximum atomic E-state index is 13.8. The first-order chi connectivity index (χ1) is 19.9. The SMILES string of the molecule is CC(=O)N1CCC(Nc2cc(C(=O)N3CC[C@H](N4CCc5ccccc5C4)[C@@H](O)C3)nc(-c3cccnc3)n2)CC1. The van der Waals surface area contributed by atoms with Crippen LogP contribution in [0.3, 0.4) is 0 Å². The summed E-state index contributed by atoms with van der Waals surface area (Å²) in [4.78, 5) is 45.0. The van der Waals surface area contributed by atoms with Crippen molar-refractivity contribution >= 4 is 17.6 Å². The number of nitrogens with one attached hydrogen (secondary N) is 1. The fraction of sp³-hybridized carbons (Fsp3) is 0.452. The number of nitrogens with zero attached hydrogens (tertiary/aromatic N) is 6. The number of aliphatic hydroxyl groups excluding tert-OH is 1. The number of pyridine rings is 1. The largest absolute Gasteiger partial charge is 0.390 e. The van der Waals surface area contributed by atoms with Crippen molar-refractivity contribution in [3.63, 3.8) is 0 Å². The Morgan fingerprint density at radius 3 is 2.46 bits per heavy atom. The summed E-state index contributed by atoms with van der Waals surface area (Å²) in [5.74, 6) is 0.878. The molecule has 2 fully saturated rings. The van der Waals surface area contributed by atoms with Gasteiger partial charge in [0.1, 0.15) is 11.5 Å². The average molecular weight is 556 g/mol. The Bertz CT molecular complexity index is 1390. The van der Waals surface area contributed by atoms with Crippen molar-refractivity contribution in [1.82, 2.24) is 29.7 Å². The van der Waals surface area contributed by atoms with E-state index in [1.54, 1.807) is 30.3 Å². The molecule has 214 valence electrons. The molecule has 10 nitrogen and oxygen atoms in total. The summed E-state index contributed by atoms with van der Waals surface area (Å²) in [5, 5.41) is 14.7. The molecule has 0 spiro atoms. The molecular weight excluding hydrogens is 518 g/mol. The topological polar surface area (TPSA) is 115 Å². The molecule has 41 heavy (non-hydrogen) atoms. The van der Waals surface area contributed by atoms with Gasteiger partial charge < -0.3 is 20.2 Å². The van der Waals surface area contributed by atoms with Crippen LogP contribution in [0.15, 0.2) is 54.9 Å². The van der Waals surface area contributed by atoms with Crippen LogP contribution in [0.1, 0.15) is 47.8 Å². The number of aliphatic hydroxyl groups is 1. The lowest BCUT2D eigenvalue weighted by Crippen LogP contribution is -2.56. The number of carbonyl (C=O) groups excluding carboxylic acids is 2. The molecule has 3 aromatic rings. The molecule has 5 heterocycles. The van der Waals surface area contributed by atoms with Crippen molar-refractivity contribution in [1.29, 1.82) is 0 Å². The average Bonchev–Trinajstić information content (AvgIpc) is 3.01. The zero-order chi connectivity index (χ0) is 28.3. The second-order valence-electron chi connectivity index (χ2n) is 11.3. The van der Waals surface area contributed by atoms with Gasteiger partial charge in [-0.15, -0.1) is 0 Å². The lowest BCUT2D eigenvalue weighted by Gasteiger charge is -2.43. The first-order valence-corrected chi connectivity index (χ1v) is 14.5. The van der Waals surface area contributed by atoms with Crippen LogP contribution in [-0.2, 0) is 17.8 Å². The monoisotopic (exact) mass is 555 g/mol. The molecule has 0 unspecified atom stereocenters. The predicted octanol–water partition coefficient (Wildman–Crippen LogP) is 2.60. The molecule has 1 aromatic carbocycles. The number of benzene rings is 1. The third-order valence-corrected chi connectivity index (χ3v) is 8.62. The molecule has 10 heteroatoms. The summed E-state index contributed by atoms with van der Waals surface area (Å²) in [6.45, 7) is 5.53. The summed E-state index contributed by atoms with van der Waals surface area (Å²) in [7, 11) is 0. The highest BCUT2D eigenvalue weighted by molar-refractivity contribution is 5.93. The van der Waals surface area contributed by atoms with Crippen LogP contribution < -0.4 is 5.32 Å². The highest BCUT2D eigenvalue weighted by atomic mass is 16.3. The molecule has 0 bridgehead atoms. The van der Waals surface area contributed by atoms with Crippen molar-refractivity contribution in [2.75, 3.05) is 38.0 Å². The zero-order valence-electron chi connectivity index (χ0n) is 23.4. The van der Waals surface area contributed by atoms with Crippen LogP contribution in [0.4, 0.5) is 5.82 Å². The molecular formula is C31H37N7O3. The van der Waals surface area contributed by atoms with E-state index in [9.17, 15) is 14.7 Å². The lowest BCUT2D eigenvalue weighted by atomic mass is 9.94. The predicted molar refractivity (Wildman–Crippen MR) is 155 cm³/mol. The number of hydrogen-bond donors (Lipinski definition) is 2. The van der Waals surface area contributed by atoms with Crippen molar-refractivity contribution in [3.05, 3.63) is 71.7 Å². The molecule has 3 aliphatic rings. The smallest absolute Gasteiger partial charge is 0.272 e. The molecule has 3 aliphatic heterocycles. The summed E-state index contributed by atoms with van der Waals surface area (Å²) in [5.41, 5.74) is 3.72. The summed E-state index contributed by atoms with van der Waals surface area (Å²) < 4.78 is 0. The Hall–Kier alpha value is -3.89. The van der Waals surface area contributed by atoms with Gasteiger partial charge in [-0.25, -0.2) is 9.97 Å². The van der Waals surface area contributed by atoms with E-state index in [2.05, 4.69) is 44.5 Å². The molecule has 2 N–H and O–H groups in total. The van der Waals surface area contributed by atoms with E-state index in [4.69, 9.17) is 4.98 Å². The number of rotatable bonds is 5. The standard InChI is InChI=1S/C31H37N7O3/c1-21(39)36-14-9-25(10-15-36)33-29-17-26(34-30(35-29)23-7-4-12-32-18-23)31(41)38-16-11-27(28(40)20-38)37-13-8-22-5-2-3-6-24(22)19-37/h2-7,12,17-18,25,27-28,40H,8-11,13-16,19-20H2,1H3,(H,33,34,35)/t27-,28-/m0/s1. The van der Waals surface area contributed by atoms with Crippen LogP contribution in [0.25, 0.3) is 11.4 Å². The first kappa shape index (κ1) is 27.3. The molecule has 0 saturated carbocycles. The fourth-order valence-electron chi connectivity index (χ4n) is 6.29. The minimum absolute atomic E-state index is 0.0156. The van der Waals surface area contributed by atoms with Crippen LogP contribution in [0.5, 0.6) is 0 Å². The van der Waals surface area contributed by atoms with Gasteiger partial charge in [-0.05, 0) is 48.9 Å². The highest BCUT2D eigenvalue weighted by Crippen LogP contribution is 2.27. The number of aromatic nitrogens is 3. The second kappa shape index (κ2) is 11.9. The van der Waals surface area contributed by atoms with Crippen molar-refractivity contribution in [3.8, 4) is 11.4 Å².